The highest BCUT2D eigenvalue weighted by Crippen LogP contribution is 2.29. The fourth-order valence-electron chi connectivity index (χ4n) is 3.92. The molecule has 5 nitrogen and oxygen atoms in total. The van der Waals surface area contributed by atoms with Gasteiger partial charge in [0.25, 0.3) is 0 Å². The third kappa shape index (κ3) is 6.98. The monoisotopic (exact) mass is 520 g/mol. The van der Waals surface area contributed by atoms with Gasteiger partial charge >= 0.3 is 5.97 Å². The molecule has 3 aromatic carbocycles. The number of anilines is 1. The first-order chi connectivity index (χ1) is 17.8. The van der Waals surface area contributed by atoms with Crippen LogP contribution in [0.3, 0.4) is 0 Å². The highest BCUT2D eigenvalue weighted by molar-refractivity contribution is 6.30. The summed E-state index contributed by atoms with van der Waals surface area (Å²) in [6.45, 7) is 0.469. The van der Waals surface area contributed by atoms with Crippen molar-refractivity contribution >= 4 is 29.0 Å². The smallest absolute Gasteiger partial charge is 0.303 e. The molecule has 37 heavy (non-hydrogen) atoms. The molecule has 0 saturated heterocycles. The first-order valence-corrected chi connectivity index (χ1v) is 12.0. The molecule has 2 N–H and O–H groups in total. The summed E-state index contributed by atoms with van der Waals surface area (Å²) in [5.41, 5.74) is 4.84. The minimum absolute atomic E-state index is 0.0607. The molecule has 1 aromatic heterocycles. The SMILES string of the molecule is O=C(O)CCCC(=O)c1ccc(-c2cc(Cl)ccc2CNc2ccc(-c3cc(F)cc(F)c3)cc2)cn1. The van der Waals surface area contributed by atoms with Crippen LogP contribution in [0.5, 0.6) is 0 Å². The molecule has 0 amide bonds. The second-order valence-electron chi connectivity index (χ2n) is 8.49. The summed E-state index contributed by atoms with van der Waals surface area (Å²) in [5, 5.41) is 12.6. The van der Waals surface area contributed by atoms with Crippen molar-refractivity contribution in [3.63, 3.8) is 0 Å². The van der Waals surface area contributed by atoms with Gasteiger partial charge in [-0.3, -0.25) is 14.6 Å². The van der Waals surface area contributed by atoms with Crippen LogP contribution in [0.25, 0.3) is 22.3 Å². The Hall–Kier alpha value is -4.10. The summed E-state index contributed by atoms with van der Waals surface area (Å²) >= 11 is 6.25. The van der Waals surface area contributed by atoms with Gasteiger partial charge in [-0.1, -0.05) is 35.9 Å². The fourth-order valence-corrected chi connectivity index (χ4v) is 4.09. The van der Waals surface area contributed by atoms with Gasteiger partial charge < -0.3 is 10.4 Å². The van der Waals surface area contributed by atoms with Crippen molar-refractivity contribution in [2.45, 2.75) is 25.8 Å². The number of Topliss-reactive ketones (excluding diaryl/α,β-unsaturated/α-hetero) is 1. The van der Waals surface area contributed by atoms with E-state index >= 15 is 0 Å². The minimum Gasteiger partial charge on any atom is -0.481 e. The number of rotatable bonds is 10. The van der Waals surface area contributed by atoms with Crippen LogP contribution in [0.2, 0.25) is 5.02 Å². The summed E-state index contributed by atoms with van der Waals surface area (Å²) in [7, 11) is 0. The molecule has 4 rings (SSSR count). The van der Waals surface area contributed by atoms with Gasteiger partial charge in [0.15, 0.2) is 5.78 Å². The van der Waals surface area contributed by atoms with Gasteiger partial charge in [-0.05, 0) is 71.1 Å². The molecule has 4 aromatic rings. The van der Waals surface area contributed by atoms with Gasteiger partial charge in [-0.2, -0.15) is 0 Å². The number of carbonyl (C=O) groups excluding carboxylic acids is 1. The van der Waals surface area contributed by atoms with E-state index in [1.165, 1.54) is 12.1 Å². The van der Waals surface area contributed by atoms with E-state index in [2.05, 4.69) is 10.3 Å². The number of nitrogens with one attached hydrogen (secondary N) is 1. The Labute approximate surface area is 217 Å². The third-order valence-electron chi connectivity index (χ3n) is 5.79. The maximum absolute atomic E-state index is 13.5. The zero-order valence-corrected chi connectivity index (χ0v) is 20.4. The number of pyridine rings is 1. The van der Waals surface area contributed by atoms with Crippen LogP contribution in [0.15, 0.2) is 79.0 Å². The van der Waals surface area contributed by atoms with Crippen LogP contribution in [0, 0.1) is 11.6 Å². The predicted octanol–water partition coefficient (Wildman–Crippen LogP) is 7.40. The van der Waals surface area contributed by atoms with Gasteiger partial charge in [-0.15, -0.1) is 0 Å². The molecule has 0 spiro atoms. The molecule has 0 bridgehead atoms. The predicted molar refractivity (Wildman–Crippen MR) is 140 cm³/mol. The molecule has 0 fully saturated rings. The van der Waals surface area contributed by atoms with Crippen molar-refractivity contribution in [3.05, 3.63) is 107 Å². The average molecular weight is 521 g/mol. The number of halogens is 3. The number of nitrogens with zero attached hydrogens (tertiary/aromatic N) is 1. The van der Waals surface area contributed by atoms with Crippen LogP contribution >= 0.6 is 11.6 Å². The van der Waals surface area contributed by atoms with E-state index in [1.807, 2.05) is 24.3 Å². The average Bonchev–Trinajstić information content (AvgIpc) is 2.87. The van der Waals surface area contributed by atoms with Crippen LogP contribution in [-0.4, -0.2) is 21.8 Å². The number of ketones is 1. The van der Waals surface area contributed by atoms with E-state index in [4.69, 9.17) is 16.7 Å². The molecule has 0 saturated carbocycles. The van der Waals surface area contributed by atoms with Crippen LogP contribution in [-0.2, 0) is 11.3 Å². The number of aliphatic carboxylic acids is 1. The Balaban J connectivity index is 1.46. The second kappa shape index (κ2) is 11.8. The van der Waals surface area contributed by atoms with Gasteiger partial charge in [-0.25, -0.2) is 8.78 Å². The second-order valence-corrected chi connectivity index (χ2v) is 8.93. The summed E-state index contributed by atoms with van der Waals surface area (Å²) in [5.74, 6) is -2.39. The third-order valence-corrected chi connectivity index (χ3v) is 6.03. The van der Waals surface area contributed by atoms with E-state index in [0.29, 0.717) is 22.7 Å². The Morgan fingerprint density at radius 1 is 0.838 bits per heavy atom. The summed E-state index contributed by atoms with van der Waals surface area (Å²) in [6.07, 6.45) is 1.93. The first kappa shape index (κ1) is 26.0. The molecule has 0 aliphatic heterocycles. The maximum Gasteiger partial charge on any atom is 0.303 e. The summed E-state index contributed by atoms with van der Waals surface area (Å²) < 4.78 is 27.1. The van der Waals surface area contributed by atoms with Gasteiger partial charge in [0, 0.05) is 47.9 Å². The molecular formula is C29H23ClF2N2O3. The van der Waals surface area contributed by atoms with Crippen LogP contribution in [0.1, 0.15) is 35.3 Å². The molecule has 0 radical (unpaired) electrons. The molecule has 188 valence electrons. The van der Waals surface area contributed by atoms with Crippen molar-refractivity contribution in [1.82, 2.24) is 4.98 Å². The topological polar surface area (TPSA) is 79.3 Å². The molecule has 0 aliphatic carbocycles. The molecular weight excluding hydrogens is 498 g/mol. The van der Waals surface area contributed by atoms with Gasteiger partial charge in [0.05, 0.1) is 0 Å². The van der Waals surface area contributed by atoms with Crippen molar-refractivity contribution in [1.29, 1.82) is 0 Å². The number of carboxylic acid groups (broad SMARTS) is 1. The highest BCUT2D eigenvalue weighted by atomic mass is 35.5. The zero-order valence-electron chi connectivity index (χ0n) is 19.7. The van der Waals surface area contributed by atoms with Crippen molar-refractivity contribution in [3.8, 4) is 22.3 Å². The van der Waals surface area contributed by atoms with Crippen LogP contribution < -0.4 is 5.32 Å². The van der Waals surface area contributed by atoms with Crippen LogP contribution in [0.4, 0.5) is 14.5 Å². The molecule has 8 heteroatoms. The van der Waals surface area contributed by atoms with E-state index < -0.39 is 17.6 Å². The highest BCUT2D eigenvalue weighted by Gasteiger charge is 2.12. The maximum atomic E-state index is 13.5. The first-order valence-electron chi connectivity index (χ1n) is 11.6. The fraction of sp³-hybridized carbons (Fsp3) is 0.138. The van der Waals surface area contributed by atoms with Gasteiger partial charge in [0.1, 0.15) is 17.3 Å². The van der Waals surface area contributed by atoms with Crippen molar-refractivity contribution < 1.29 is 23.5 Å². The van der Waals surface area contributed by atoms with E-state index in [0.717, 1.165) is 28.4 Å². The lowest BCUT2D eigenvalue weighted by Crippen LogP contribution is -2.04. The number of hydrogen-bond donors (Lipinski definition) is 2. The number of carbonyl (C=O) groups is 2. The standard InChI is InChI=1S/C29H23ClF2N2O3/c30-22-8-4-19(16-33-25-9-5-18(6-10-25)21-12-23(31)15-24(32)13-21)26(14-22)20-7-11-27(34-17-20)28(35)2-1-3-29(36)37/h4-15,17,33H,1-3,16H2,(H,36,37). The largest absolute Gasteiger partial charge is 0.481 e. The summed E-state index contributed by atoms with van der Waals surface area (Å²) in [4.78, 5) is 27.2. The lowest BCUT2D eigenvalue weighted by atomic mass is 10.00. The summed E-state index contributed by atoms with van der Waals surface area (Å²) in [6, 6.07) is 19.6. The lowest BCUT2D eigenvalue weighted by Gasteiger charge is -2.13. The Morgan fingerprint density at radius 3 is 2.19 bits per heavy atom. The Kier molecular flexibility index (Phi) is 8.25. The van der Waals surface area contributed by atoms with E-state index in [-0.39, 0.29) is 30.7 Å². The van der Waals surface area contributed by atoms with E-state index in [1.54, 1.807) is 36.5 Å². The quantitative estimate of drug-likeness (QED) is 0.213. The molecule has 0 unspecified atom stereocenters. The lowest BCUT2D eigenvalue weighted by molar-refractivity contribution is -0.137. The number of hydrogen-bond acceptors (Lipinski definition) is 4. The number of carboxylic acids is 1. The minimum atomic E-state index is -0.934. The normalized spacial score (nSPS) is 10.8. The number of benzene rings is 3. The van der Waals surface area contributed by atoms with Gasteiger partial charge in [0.2, 0.25) is 0 Å². The van der Waals surface area contributed by atoms with Crippen molar-refractivity contribution in [2.24, 2.45) is 0 Å². The molecule has 0 atom stereocenters. The zero-order chi connectivity index (χ0) is 26.4. The molecule has 0 aliphatic rings. The Bertz CT molecular complexity index is 1400. The molecule has 1 heterocycles. The Morgan fingerprint density at radius 2 is 1.54 bits per heavy atom. The van der Waals surface area contributed by atoms with E-state index in [9.17, 15) is 18.4 Å². The van der Waals surface area contributed by atoms with Crippen molar-refractivity contribution in [2.75, 3.05) is 5.32 Å². The number of aromatic nitrogens is 1.